The molecule has 9 heteroatoms. The Kier molecular flexibility index (Phi) is 4.98. The number of halogens is 4. The van der Waals surface area contributed by atoms with Gasteiger partial charge in [-0.15, -0.1) is 4.20 Å². The van der Waals surface area contributed by atoms with Gasteiger partial charge in [-0.05, 0) is 28.4 Å². The molecule has 0 rings (SSSR count). The summed E-state index contributed by atoms with van der Waals surface area (Å²) in [7, 11) is -5.03. The van der Waals surface area contributed by atoms with E-state index in [0.717, 1.165) is 0 Å². The van der Waals surface area contributed by atoms with Crippen LogP contribution >= 0.6 is 31.1 Å². The smallest absolute Gasteiger partial charge is 0.335 e. The molecule has 12 heavy (non-hydrogen) atoms. The van der Waals surface area contributed by atoms with Crippen molar-refractivity contribution in [1.82, 2.24) is 0 Å². The van der Waals surface area contributed by atoms with Crippen LogP contribution in [0.2, 0.25) is 0 Å². The summed E-state index contributed by atoms with van der Waals surface area (Å²) in [6.45, 7) is 0. The van der Waals surface area contributed by atoms with E-state index in [0.29, 0.717) is 0 Å². The first-order valence-corrected chi connectivity index (χ1v) is 4.33. The monoisotopic (exact) mass is 237 g/mol. The number of oxime groups is 1. The summed E-state index contributed by atoms with van der Waals surface area (Å²) in [6, 6.07) is 0. The van der Waals surface area contributed by atoms with Gasteiger partial charge in [0.1, 0.15) is 6.11 Å². The molecule has 68 valence electrons. The van der Waals surface area contributed by atoms with Crippen molar-refractivity contribution >= 4 is 36.5 Å². The highest BCUT2D eigenvalue weighted by atomic mass is 35.5. The fraction of sp³-hybridized carbons (Fsp3) is 0. The first-order chi connectivity index (χ1) is 5.48. The van der Waals surface area contributed by atoms with Gasteiger partial charge in [-0.3, -0.25) is 4.62 Å². The Labute approximate surface area is 76.1 Å². The first kappa shape index (κ1) is 11.5. The van der Waals surface area contributed by atoms with Crippen LogP contribution in [-0.4, -0.2) is 5.42 Å². The van der Waals surface area contributed by atoms with Crippen molar-refractivity contribution < 1.29 is 22.3 Å². The maximum atomic E-state index is 12.3. The second-order valence-corrected chi connectivity index (χ2v) is 2.84. The maximum Gasteiger partial charge on any atom is 0.658 e. The van der Waals surface area contributed by atoms with Crippen LogP contribution in [0.1, 0.15) is 0 Å². The zero-order valence-corrected chi connectivity index (χ0v) is 7.54. The van der Waals surface area contributed by atoms with Crippen LogP contribution in [0.4, 0.5) is 8.59 Å². The summed E-state index contributed by atoms with van der Waals surface area (Å²) in [5.41, 5.74) is -1.63. The zero-order chi connectivity index (χ0) is 9.61. The number of nitrogens with zero attached hydrogens (tertiary/aromatic N) is 1. The summed E-state index contributed by atoms with van der Waals surface area (Å²) in [5.74, 6) is 0. The molecule has 4 nitrogen and oxygen atoms in total. The van der Waals surface area contributed by atoms with Crippen molar-refractivity contribution in [3.05, 3.63) is 0 Å². The molecule has 1 atom stereocenters. The molecule has 0 aliphatic carbocycles. The van der Waals surface area contributed by atoms with Crippen LogP contribution in [-0.2, 0) is 13.7 Å². The molecule has 0 bridgehead atoms. The Morgan fingerprint density at radius 1 is 1.67 bits per heavy atom. The number of hydrogen-bond donors (Lipinski definition) is 0. The Morgan fingerprint density at radius 2 is 2.25 bits per heavy atom. The lowest BCUT2D eigenvalue weighted by Crippen LogP contribution is -1.81. The highest BCUT2D eigenvalue weighted by Gasteiger charge is 2.27. The van der Waals surface area contributed by atoms with Crippen molar-refractivity contribution in [1.29, 1.82) is 0 Å². The molecule has 0 amide bonds. The largest absolute Gasteiger partial charge is 0.658 e. The van der Waals surface area contributed by atoms with Gasteiger partial charge in [-0.1, -0.05) is 0 Å². The minimum atomic E-state index is -5.03. The van der Waals surface area contributed by atoms with Crippen LogP contribution in [0.5, 0.6) is 0 Å². The molecule has 0 radical (unpaired) electrons. The average Bonchev–Trinajstić information content (AvgIpc) is 1.98. The molecule has 0 aromatic carbocycles. The minimum Gasteiger partial charge on any atom is -0.335 e. The Balaban J connectivity index is 4.11. The van der Waals surface area contributed by atoms with Gasteiger partial charge in [-0.25, -0.2) is 0 Å². The van der Waals surface area contributed by atoms with Gasteiger partial charge in [0.2, 0.25) is 0 Å². The van der Waals surface area contributed by atoms with Gasteiger partial charge < -0.3 is 4.52 Å². The lowest BCUT2D eigenvalue weighted by Gasteiger charge is -1.98. The molecule has 0 fully saturated rings. The van der Waals surface area contributed by atoms with Crippen molar-refractivity contribution in [2.75, 3.05) is 0 Å². The molecule has 0 saturated heterocycles. The van der Waals surface area contributed by atoms with Crippen molar-refractivity contribution in [2.45, 2.75) is 0 Å². The Bertz CT molecular complexity index is 281. The lowest BCUT2D eigenvalue weighted by atomic mass is 11.3. The molecule has 0 spiro atoms. The van der Waals surface area contributed by atoms with Crippen LogP contribution < -0.4 is 0 Å². The van der Waals surface area contributed by atoms with Crippen molar-refractivity contribution in [3.8, 4) is 11.5 Å². The Morgan fingerprint density at radius 3 is 2.67 bits per heavy atom. The summed E-state index contributed by atoms with van der Waals surface area (Å²) >= 11 is 9.18. The van der Waals surface area contributed by atoms with E-state index in [1.807, 2.05) is 0 Å². The van der Waals surface area contributed by atoms with E-state index < -0.39 is 13.3 Å². The standard InChI is InChI=1S/C3Cl2F2NO3P/c4-1-2-10-12(7,9)11-8-3(5)6. The third-order valence-electron chi connectivity index (χ3n) is 0.401. The quantitative estimate of drug-likeness (QED) is 0.328. The topological polar surface area (TPSA) is 47.9 Å². The third kappa shape index (κ3) is 6.23. The Hall–Kier alpha value is -0.500. The molecule has 0 aromatic rings. The third-order valence-corrected chi connectivity index (χ3v) is 1.13. The predicted octanol–water partition coefficient (Wildman–Crippen LogP) is 2.73. The fourth-order valence-electron chi connectivity index (χ4n) is 0.168. The van der Waals surface area contributed by atoms with Crippen LogP contribution in [0.25, 0.3) is 0 Å². The average molecular weight is 238 g/mol. The second-order valence-electron chi connectivity index (χ2n) is 1.13. The zero-order valence-electron chi connectivity index (χ0n) is 5.13. The van der Waals surface area contributed by atoms with E-state index in [2.05, 4.69) is 25.9 Å². The van der Waals surface area contributed by atoms with E-state index in [1.54, 1.807) is 5.38 Å². The fourth-order valence-corrected chi connectivity index (χ4v) is 0.700. The SMILES string of the molecule is O=P(F)(OC#CCl)ON=C(F)Cl. The van der Waals surface area contributed by atoms with Gasteiger partial charge in [0.15, 0.2) is 0 Å². The van der Waals surface area contributed by atoms with E-state index in [1.165, 1.54) is 6.11 Å². The van der Waals surface area contributed by atoms with Gasteiger partial charge >= 0.3 is 13.3 Å². The van der Waals surface area contributed by atoms with E-state index in [-0.39, 0.29) is 0 Å². The maximum absolute atomic E-state index is 12.3. The lowest BCUT2D eigenvalue weighted by molar-refractivity contribution is 0.231. The molecule has 0 heterocycles. The molecule has 0 aliphatic rings. The molecular weight excluding hydrogens is 238 g/mol. The van der Waals surface area contributed by atoms with Crippen molar-refractivity contribution in [2.24, 2.45) is 5.16 Å². The molecular formula is C3Cl2F2NO3P. The summed E-state index contributed by atoms with van der Waals surface area (Å²) in [5, 5.41) is 3.73. The van der Waals surface area contributed by atoms with Crippen molar-refractivity contribution in [3.63, 3.8) is 0 Å². The van der Waals surface area contributed by atoms with E-state index in [4.69, 9.17) is 11.6 Å². The number of hydrogen-bond acceptors (Lipinski definition) is 4. The second kappa shape index (κ2) is 5.20. The number of rotatable bonds is 3. The first-order valence-electron chi connectivity index (χ1n) is 2.14. The predicted molar refractivity (Wildman–Crippen MR) is 38.9 cm³/mol. The van der Waals surface area contributed by atoms with E-state index in [9.17, 15) is 13.2 Å². The molecule has 0 aromatic heterocycles. The summed E-state index contributed by atoms with van der Waals surface area (Å²) in [6.07, 6.45) is 1.43. The van der Waals surface area contributed by atoms with Crippen LogP contribution in [0.3, 0.4) is 0 Å². The highest BCUT2D eigenvalue weighted by molar-refractivity contribution is 7.48. The van der Waals surface area contributed by atoms with Crippen LogP contribution in [0.15, 0.2) is 5.16 Å². The van der Waals surface area contributed by atoms with Crippen LogP contribution in [0, 0.1) is 11.5 Å². The molecule has 1 unspecified atom stereocenters. The van der Waals surface area contributed by atoms with Gasteiger partial charge in [0.05, 0.1) is 0 Å². The molecule has 0 N–H and O–H groups in total. The normalized spacial score (nSPS) is 15.5. The van der Waals surface area contributed by atoms with Gasteiger partial charge in [0, 0.05) is 5.38 Å². The molecule has 0 aliphatic heterocycles. The minimum absolute atomic E-state index is 1.43. The van der Waals surface area contributed by atoms with Gasteiger partial charge in [-0.2, -0.15) is 8.96 Å². The summed E-state index contributed by atoms with van der Waals surface area (Å²) in [4.78, 5) is 0. The highest BCUT2D eigenvalue weighted by Crippen LogP contribution is 2.49. The van der Waals surface area contributed by atoms with Gasteiger partial charge in [0.25, 0.3) is 0 Å². The summed E-state index contributed by atoms with van der Waals surface area (Å²) < 4.78 is 41.0. The van der Waals surface area contributed by atoms with E-state index >= 15 is 0 Å². The molecule has 0 saturated carbocycles.